The van der Waals surface area contributed by atoms with Crippen LogP contribution < -0.4 is 10.9 Å². The largest absolute Gasteiger partial charge is 0.493 e. The first-order valence-corrected chi connectivity index (χ1v) is 3.76. The van der Waals surface area contributed by atoms with Crippen LogP contribution in [0.25, 0.3) is 0 Å². The normalized spacial score (nSPS) is 17.3. The monoisotopic (exact) mass is 167 g/mol. The molecule has 3 N–H and O–H groups in total. The second kappa shape index (κ2) is 2.60. The number of H-pyrrole nitrogens is 1. The number of hydrogen-bond acceptors (Lipinski definition) is 4. The van der Waals surface area contributed by atoms with Gasteiger partial charge >= 0.3 is 0 Å². The van der Waals surface area contributed by atoms with E-state index in [2.05, 4.69) is 15.3 Å². The lowest BCUT2D eigenvalue weighted by molar-refractivity contribution is 0.407. The van der Waals surface area contributed by atoms with Crippen molar-refractivity contribution in [3.05, 3.63) is 22.2 Å². The SMILES string of the molecule is O=c1cc(O)nc(C2CNC2)[nH]1. The third-order valence-corrected chi connectivity index (χ3v) is 1.91. The molecule has 0 atom stereocenters. The highest BCUT2D eigenvalue weighted by atomic mass is 16.3. The summed E-state index contributed by atoms with van der Waals surface area (Å²) in [6, 6.07) is 1.07. The first-order chi connectivity index (χ1) is 5.75. The second-order valence-electron chi connectivity index (χ2n) is 2.84. The van der Waals surface area contributed by atoms with E-state index in [1.165, 1.54) is 0 Å². The Morgan fingerprint density at radius 2 is 2.33 bits per heavy atom. The molecule has 0 saturated carbocycles. The summed E-state index contributed by atoms with van der Waals surface area (Å²) in [6.45, 7) is 1.62. The van der Waals surface area contributed by atoms with Crippen LogP contribution in [0, 0.1) is 0 Å². The molecule has 0 radical (unpaired) electrons. The smallest absolute Gasteiger partial charge is 0.254 e. The zero-order chi connectivity index (χ0) is 8.55. The van der Waals surface area contributed by atoms with Gasteiger partial charge in [-0.15, -0.1) is 0 Å². The van der Waals surface area contributed by atoms with Gasteiger partial charge in [-0.1, -0.05) is 0 Å². The first-order valence-electron chi connectivity index (χ1n) is 3.76. The minimum atomic E-state index is -0.301. The van der Waals surface area contributed by atoms with Crippen molar-refractivity contribution in [2.75, 3.05) is 13.1 Å². The van der Waals surface area contributed by atoms with Gasteiger partial charge in [-0.2, -0.15) is 4.98 Å². The van der Waals surface area contributed by atoms with Crippen molar-refractivity contribution in [3.63, 3.8) is 0 Å². The lowest BCUT2D eigenvalue weighted by Gasteiger charge is -2.25. The van der Waals surface area contributed by atoms with Crippen molar-refractivity contribution in [3.8, 4) is 5.88 Å². The van der Waals surface area contributed by atoms with Gasteiger partial charge < -0.3 is 15.4 Å². The van der Waals surface area contributed by atoms with Crippen molar-refractivity contribution in [2.45, 2.75) is 5.92 Å². The molecule has 1 aromatic heterocycles. The lowest BCUT2D eigenvalue weighted by atomic mass is 10.0. The summed E-state index contributed by atoms with van der Waals surface area (Å²) in [5.41, 5.74) is -0.301. The molecular weight excluding hydrogens is 158 g/mol. The number of aromatic nitrogens is 2. The summed E-state index contributed by atoms with van der Waals surface area (Å²) in [5, 5.41) is 12.1. The Morgan fingerprint density at radius 3 is 2.83 bits per heavy atom. The van der Waals surface area contributed by atoms with E-state index in [-0.39, 0.29) is 17.4 Å². The summed E-state index contributed by atoms with van der Waals surface area (Å²) in [4.78, 5) is 17.3. The van der Waals surface area contributed by atoms with Crippen molar-refractivity contribution in [1.82, 2.24) is 15.3 Å². The summed E-state index contributed by atoms with van der Waals surface area (Å²) >= 11 is 0. The molecule has 0 aliphatic carbocycles. The minimum Gasteiger partial charge on any atom is -0.493 e. The maximum atomic E-state index is 10.9. The maximum Gasteiger partial charge on any atom is 0.254 e. The van der Waals surface area contributed by atoms with Crippen LogP contribution in [0.5, 0.6) is 5.88 Å². The van der Waals surface area contributed by atoms with Gasteiger partial charge in [0.1, 0.15) is 5.82 Å². The fourth-order valence-corrected chi connectivity index (χ4v) is 1.14. The molecule has 2 heterocycles. The maximum absolute atomic E-state index is 10.9. The average molecular weight is 167 g/mol. The third-order valence-electron chi connectivity index (χ3n) is 1.91. The van der Waals surface area contributed by atoms with Crippen LogP contribution in [0.2, 0.25) is 0 Å². The van der Waals surface area contributed by atoms with E-state index in [0.717, 1.165) is 19.2 Å². The van der Waals surface area contributed by atoms with Crippen LogP contribution in [-0.4, -0.2) is 28.2 Å². The van der Waals surface area contributed by atoms with Crippen LogP contribution in [0.15, 0.2) is 10.9 Å². The van der Waals surface area contributed by atoms with Crippen molar-refractivity contribution < 1.29 is 5.11 Å². The fourth-order valence-electron chi connectivity index (χ4n) is 1.14. The molecular formula is C7H9N3O2. The Labute approximate surface area is 68.5 Å². The van der Waals surface area contributed by atoms with Crippen LogP contribution in [-0.2, 0) is 0 Å². The molecule has 0 spiro atoms. The molecule has 1 aliphatic rings. The number of hydrogen-bond donors (Lipinski definition) is 3. The average Bonchev–Trinajstić information content (AvgIpc) is 1.79. The Kier molecular flexibility index (Phi) is 1.58. The van der Waals surface area contributed by atoms with E-state index in [0.29, 0.717) is 5.82 Å². The molecule has 0 amide bonds. The molecule has 1 saturated heterocycles. The van der Waals surface area contributed by atoms with Gasteiger partial charge in [0.2, 0.25) is 5.88 Å². The quantitative estimate of drug-likeness (QED) is 0.509. The molecule has 5 heteroatoms. The van der Waals surface area contributed by atoms with Crippen LogP contribution in [0.4, 0.5) is 0 Å². The van der Waals surface area contributed by atoms with Gasteiger partial charge in [0.05, 0.1) is 6.07 Å². The molecule has 1 aromatic rings. The molecule has 1 fully saturated rings. The van der Waals surface area contributed by atoms with E-state index in [4.69, 9.17) is 5.11 Å². The number of aromatic hydroxyl groups is 1. The highest BCUT2D eigenvalue weighted by Crippen LogP contribution is 2.15. The standard InChI is InChI=1S/C7H9N3O2/c11-5-1-6(12)10-7(9-5)4-2-8-3-4/h1,4,8H,2-3H2,(H2,9,10,11,12). The summed E-state index contributed by atoms with van der Waals surface area (Å²) in [6.07, 6.45) is 0. The minimum absolute atomic E-state index is 0.208. The van der Waals surface area contributed by atoms with Gasteiger partial charge in [0.15, 0.2) is 0 Å². The fraction of sp³-hybridized carbons (Fsp3) is 0.429. The van der Waals surface area contributed by atoms with Gasteiger partial charge in [-0.05, 0) is 0 Å². The van der Waals surface area contributed by atoms with Crippen LogP contribution in [0.1, 0.15) is 11.7 Å². The van der Waals surface area contributed by atoms with Crippen LogP contribution >= 0.6 is 0 Å². The molecule has 0 aromatic carbocycles. The number of nitrogens with zero attached hydrogens (tertiary/aromatic N) is 1. The zero-order valence-electron chi connectivity index (χ0n) is 6.37. The molecule has 0 bridgehead atoms. The lowest BCUT2D eigenvalue weighted by Crippen LogP contribution is -2.41. The zero-order valence-corrected chi connectivity index (χ0v) is 6.37. The molecule has 12 heavy (non-hydrogen) atoms. The van der Waals surface area contributed by atoms with Gasteiger partial charge in [-0.3, -0.25) is 4.79 Å². The first kappa shape index (κ1) is 7.30. The number of rotatable bonds is 1. The van der Waals surface area contributed by atoms with E-state index in [1.807, 2.05) is 0 Å². The molecule has 2 rings (SSSR count). The van der Waals surface area contributed by atoms with Crippen molar-refractivity contribution >= 4 is 0 Å². The highest BCUT2D eigenvalue weighted by molar-refractivity contribution is 5.11. The topological polar surface area (TPSA) is 78.0 Å². The Balaban J connectivity index is 2.36. The van der Waals surface area contributed by atoms with Crippen molar-refractivity contribution in [1.29, 1.82) is 0 Å². The van der Waals surface area contributed by atoms with E-state index >= 15 is 0 Å². The summed E-state index contributed by atoms with van der Waals surface area (Å²) in [5.74, 6) is 0.601. The molecule has 64 valence electrons. The molecule has 1 aliphatic heterocycles. The molecule has 0 unspecified atom stereocenters. The van der Waals surface area contributed by atoms with E-state index in [9.17, 15) is 4.79 Å². The predicted octanol–water partition coefficient (Wildman–Crippen LogP) is -0.838. The Bertz CT molecular complexity index is 343. The number of aromatic amines is 1. The Hall–Kier alpha value is -1.36. The number of nitrogens with one attached hydrogen (secondary N) is 2. The van der Waals surface area contributed by atoms with Gasteiger partial charge in [-0.25, -0.2) is 0 Å². The van der Waals surface area contributed by atoms with Crippen LogP contribution in [0.3, 0.4) is 0 Å². The summed E-state index contributed by atoms with van der Waals surface area (Å²) < 4.78 is 0. The second-order valence-corrected chi connectivity index (χ2v) is 2.84. The third kappa shape index (κ3) is 1.18. The van der Waals surface area contributed by atoms with E-state index < -0.39 is 0 Å². The van der Waals surface area contributed by atoms with Gasteiger partial charge in [0.25, 0.3) is 5.56 Å². The van der Waals surface area contributed by atoms with E-state index in [1.54, 1.807) is 0 Å². The van der Waals surface area contributed by atoms with Crippen molar-refractivity contribution in [2.24, 2.45) is 0 Å². The highest BCUT2D eigenvalue weighted by Gasteiger charge is 2.21. The summed E-state index contributed by atoms with van der Waals surface area (Å²) in [7, 11) is 0. The van der Waals surface area contributed by atoms with Gasteiger partial charge in [0, 0.05) is 19.0 Å². The predicted molar refractivity (Wildman–Crippen MR) is 42.1 cm³/mol. The Morgan fingerprint density at radius 1 is 1.58 bits per heavy atom. The molecule has 5 nitrogen and oxygen atoms in total.